The van der Waals surface area contributed by atoms with Crippen LogP contribution in [0.25, 0.3) is 0 Å². The summed E-state index contributed by atoms with van der Waals surface area (Å²) in [4.78, 5) is 45.4. The Morgan fingerprint density at radius 3 is 2.52 bits per heavy atom. The van der Waals surface area contributed by atoms with Gasteiger partial charge in [0.05, 0.1) is 22.7 Å². The van der Waals surface area contributed by atoms with Crippen LogP contribution in [0.5, 0.6) is 0 Å². The summed E-state index contributed by atoms with van der Waals surface area (Å²) in [6, 6.07) is 19.8. The smallest absolute Gasteiger partial charge is 0.272 e. The topological polar surface area (TPSA) is 90.9 Å². The van der Waals surface area contributed by atoms with Gasteiger partial charge in [0.15, 0.2) is 0 Å². The van der Waals surface area contributed by atoms with Gasteiger partial charge in [-0.3, -0.25) is 14.4 Å². The second-order valence-electron chi connectivity index (χ2n) is 7.73. The van der Waals surface area contributed by atoms with Gasteiger partial charge in [-0.05, 0) is 30.0 Å². The predicted octanol–water partition coefficient (Wildman–Crippen LogP) is 2.75. The molecule has 1 unspecified atom stereocenters. The first-order valence-corrected chi connectivity index (χ1v) is 11.4. The van der Waals surface area contributed by atoms with E-state index >= 15 is 0 Å². The minimum absolute atomic E-state index is 0.166. The fourth-order valence-electron chi connectivity index (χ4n) is 3.63. The molecule has 0 aliphatic carbocycles. The number of nitrogens with one attached hydrogen (secondary N) is 2. The van der Waals surface area contributed by atoms with Crippen molar-refractivity contribution in [2.45, 2.75) is 25.6 Å². The van der Waals surface area contributed by atoms with E-state index in [1.807, 2.05) is 72.1 Å². The monoisotopic (exact) mass is 460 g/mol. The molecule has 2 N–H and O–H groups in total. The highest BCUT2D eigenvalue weighted by Crippen LogP contribution is 2.28. The molecular formula is C25H24N4O3S. The molecule has 0 spiro atoms. The van der Waals surface area contributed by atoms with Crippen molar-refractivity contribution in [3.63, 3.8) is 0 Å². The number of rotatable bonds is 6. The summed E-state index contributed by atoms with van der Waals surface area (Å²) < 4.78 is 0. The van der Waals surface area contributed by atoms with Gasteiger partial charge in [-0.1, -0.05) is 54.6 Å². The van der Waals surface area contributed by atoms with E-state index < -0.39 is 18.1 Å². The lowest BCUT2D eigenvalue weighted by Gasteiger charge is -2.22. The first-order valence-electron chi connectivity index (χ1n) is 10.6. The molecule has 3 aromatic rings. The summed E-state index contributed by atoms with van der Waals surface area (Å²) in [5.74, 6) is -1.11. The normalized spacial score (nSPS) is 16.3. The third-order valence-electron chi connectivity index (χ3n) is 5.36. The number of benzodiazepines with no additional fused rings is 1. The molecule has 0 saturated heterocycles. The van der Waals surface area contributed by atoms with E-state index in [4.69, 9.17) is 0 Å². The van der Waals surface area contributed by atoms with Crippen LogP contribution >= 0.6 is 11.3 Å². The van der Waals surface area contributed by atoms with E-state index in [0.717, 1.165) is 21.7 Å². The molecule has 2 aromatic carbocycles. The van der Waals surface area contributed by atoms with Gasteiger partial charge in [0.1, 0.15) is 6.04 Å². The highest BCUT2D eigenvalue weighted by molar-refractivity contribution is 7.12. The average molecular weight is 461 g/mol. The van der Waals surface area contributed by atoms with E-state index in [-0.39, 0.29) is 18.2 Å². The van der Waals surface area contributed by atoms with Gasteiger partial charge in [0, 0.05) is 12.6 Å². The molecule has 7 nitrogen and oxygen atoms in total. The predicted molar refractivity (Wildman–Crippen MR) is 129 cm³/mol. The van der Waals surface area contributed by atoms with Gasteiger partial charge < -0.3 is 15.5 Å². The molecule has 168 valence electrons. The van der Waals surface area contributed by atoms with Crippen molar-refractivity contribution in [2.24, 2.45) is 4.99 Å². The molecule has 3 amide bonds. The van der Waals surface area contributed by atoms with Crippen molar-refractivity contribution in [1.82, 2.24) is 10.6 Å². The van der Waals surface area contributed by atoms with Crippen LogP contribution in [0, 0.1) is 0 Å². The lowest BCUT2D eigenvalue weighted by atomic mass is 10.1. The van der Waals surface area contributed by atoms with Gasteiger partial charge >= 0.3 is 0 Å². The molecule has 33 heavy (non-hydrogen) atoms. The average Bonchev–Trinajstić information content (AvgIpc) is 3.33. The van der Waals surface area contributed by atoms with Crippen molar-refractivity contribution in [1.29, 1.82) is 0 Å². The van der Waals surface area contributed by atoms with Crippen LogP contribution in [-0.4, -0.2) is 42.7 Å². The summed E-state index contributed by atoms with van der Waals surface area (Å²) >= 11 is 1.51. The lowest BCUT2D eigenvalue weighted by Crippen LogP contribution is -2.52. The van der Waals surface area contributed by atoms with Crippen LogP contribution in [0.15, 0.2) is 77.1 Å². The third-order valence-corrected chi connectivity index (χ3v) is 6.23. The zero-order valence-corrected chi connectivity index (χ0v) is 19.1. The zero-order valence-electron chi connectivity index (χ0n) is 18.3. The molecule has 2 atom stereocenters. The van der Waals surface area contributed by atoms with Crippen LogP contribution in [0.1, 0.15) is 22.9 Å². The quantitative estimate of drug-likeness (QED) is 0.593. The molecule has 4 rings (SSSR count). The molecule has 1 aliphatic rings. The number of carbonyl (C=O) groups is 3. The maximum absolute atomic E-state index is 13.2. The molecule has 0 saturated carbocycles. The van der Waals surface area contributed by atoms with Crippen molar-refractivity contribution in [3.05, 3.63) is 88.1 Å². The molecule has 1 aliphatic heterocycles. The number of amides is 3. The maximum atomic E-state index is 13.2. The number of para-hydroxylation sites is 1. The van der Waals surface area contributed by atoms with E-state index in [0.29, 0.717) is 5.71 Å². The second-order valence-corrected chi connectivity index (χ2v) is 8.68. The minimum Gasteiger partial charge on any atom is -0.344 e. The van der Waals surface area contributed by atoms with Crippen molar-refractivity contribution in [2.75, 3.05) is 11.9 Å². The van der Waals surface area contributed by atoms with Crippen LogP contribution in [-0.2, 0) is 20.8 Å². The summed E-state index contributed by atoms with van der Waals surface area (Å²) in [6.45, 7) is 1.59. The fraction of sp³-hybridized carbons (Fsp3) is 0.200. The highest BCUT2D eigenvalue weighted by atomic mass is 32.1. The Kier molecular flexibility index (Phi) is 6.65. The summed E-state index contributed by atoms with van der Waals surface area (Å²) in [5.41, 5.74) is 3.03. The van der Waals surface area contributed by atoms with Crippen LogP contribution < -0.4 is 15.5 Å². The fourth-order valence-corrected chi connectivity index (χ4v) is 4.36. The van der Waals surface area contributed by atoms with Crippen molar-refractivity contribution < 1.29 is 14.4 Å². The minimum atomic E-state index is -1.11. The van der Waals surface area contributed by atoms with E-state index in [1.54, 1.807) is 14.0 Å². The number of carbonyl (C=O) groups excluding carboxylic acids is 3. The Labute approximate surface area is 196 Å². The molecule has 0 fully saturated rings. The Morgan fingerprint density at radius 1 is 1.06 bits per heavy atom. The zero-order chi connectivity index (χ0) is 23.4. The summed E-state index contributed by atoms with van der Waals surface area (Å²) in [7, 11) is 1.66. The highest BCUT2D eigenvalue weighted by Gasteiger charge is 2.32. The Bertz CT molecular complexity index is 1190. The first kappa shape index (κ1) is 22.4. The number of aliphatic imine (C=N–C) groups is 1. The Hall–Kier alpha value is -3.78. The number of hydrogen-bond acceptors (Lipinski definition) is 5. The number of hydrogen-bond donors (Lipinski definition) is 2. The molecule has 2 heterocycles. The van der Waals surface area contributed by atoms with E-state index in [9.17, 15) is 14.4 Å². The Morgan fingerprint density at radius 2 is 1.79 bits per heavy atom. The number of benzene rings is 2. The standard InChI is InChI=1S/C25H24N4O3S/c1-16(26-21(30)15-17-9-4-3-5-10-17)24(31)28-23-25(32)29(2)19-12-7-6-11-18(19)22(27-23)20-13-8-14-33-20/h3-14,16,23H,15H2,1-2H3,(H,26,30)(H,28,31)/t16-,23?/m0/s1. The van der Waals surface area contributed by atoms with Gasteiger partial charge in [-0.25, -0.2) is 4.99 Å². The van der Waals surface area contributed by atoms with Gasteiger partial charge in [0.2, 0.25) is 18.0 Å². The third kappa shape index (κ3) is 5.01. The van der Waals surface area contributed by atoms with E-state index in [2.05, 4.69) is 15.6 Å². The number of fused-ring (bicyclic) bond motifs is 1. The summed E-state index contributed by atoms with van der Waals surface area (Å²) in [6.07, 6.45) is -0.944. The van der Waals surface area contributed by atoms with Gasteiger partial charge in [-0.15, -0.1) is 11.3 Å². The largest absolute Gasteiger partial charge is 0.344 e. The number of anilines is 1. The molecule has 0 bridgehead atoms. The summed E-state index contributed by atoms with van der Waals surface area (Å²) in [5, 5.41) is 7.34. The number of nitrogens with zero attached hydrogens (tertiary/aromatic N) is 2. The number of likely N-dealkylation sites (N-methyl/N-ethyl adjacent to an activating group) is 1. The second kappa shape index (κ2) is 9.79. The molecule has 0 radical (unpaired) electrons. The van der Waals surface area contributed by atoms with Crippen molar-refractivity contribution in [3.8, 4) is 0 Å². The van der Waals surface area contributed by atoms with Gasteiger partial charge in [0.25, 0.3) is 5.91 Å². The maximum Gasteiger partial charge on any atom is 0.272 e. The lowest BCUT2D eigenvalue weighted by molar-refractivity contribution is -0.130. The van der Waals surface area contributed by atoms with Crippen LogP contribution in [0.3, 0.4) is 0 Å². The molecule has 1 aromatic heterocycles. The first-order chi connectivity index (χ1) is 15.9. The molecule has 8 heteroatoms. The Balaban J connectivity index is 1.53. The molecular weight excluding hydrogens is 436 g/mol. The van der Waals surface area contributed by atoms with Gasteiger partial charge in [-0.2, -0.15) is 0 Å². The SMILES string of the molecule is C[C@H](NC(=O)Cc1ccccc1)C(=O)NC1N=C(c2cccs2)c2ccccc2N(C)C1=O. The van der Waals surface area contributed by atoms with Crippen molar-refractivity contribution >= 4 is 40.5 Å². The number of thiophene rings is 1. The van der Waals surface area contributed by atoms with Crippen LogP contribution in [0.4, 0.5) is 5.69 Å². The van der Waals surface area contributed by atoms with Crippen LogP contribution in [0.2, 0.25) is 0 Å². The van der Waals surface area contributed by atoms with E-state index in [1.165, 1.54) is 16.2 Å².